The Balaban J connectivity index is 4.08. The van der Waals surface area contributed by atoms with Crippen molar-refractivity contribution in [2.45, 2.75) is 32.3 Å². The molecule has 58 valence electrons. The quantitative estimate of drug-likeness (QED) is 0.600. The number of hydrogen-bond acceptors (Lipinski definition) is 2. The van der Waals surface area contributed by atoms with E-state index in [1.54, 1.807) is 13.0 Å². The Labute approximate surface area is 61.6 Å². The van der Waals surface area contributed by atoms with E-state index in [4.69, 9.17) is 0 Å². The van der Waals surface area contributed by atoms with E-state index < -0.39 is 5.60 Å². The number of rotatable bonds is 4. The Morgan fingerprint density at radius 1 is 1.80 bits per heavy atom. The maximum Gasteiger partial charge on any atom is 0.164 e. The van der Waals surface area contributed by atoms with Crippen LogP contribution in [0.1, 0.15) is 26.7 Å². The van der Waals surface area contributed by atoms with Crippen LogP contribution in [-0.4, -0.2) is 16.5 Å². The molecule has 0 radical (unpaired) electrons. The van der Waals surface area contributed by atoms with Crippen molar-refractivity contribution in [3.05, 3.63) is 12.7 Å². The third-order valence-corrected chi connectivity index (χ3v) is 1.46. The van der Waals surface area contributed by atoms with Crippen LogP contribution in [0.5, 0.6) is 0 Å². The number of Topliss-reactive ketones (excluding diaryl/α,β-unsaturated/α-hetero) is 1. The molecule has 1 N–H and O–H groups in total. The standard InChI is InChI=1S/C8H14O2/c1-4-6-8(3,10)7(9)5-2/h4,10H,1,5-6H2,2-3H3. The van der Waals surface area contributed by atoms with Gasteiger partial charge in [0.1, 0.15) is 5.60 Å². The molecule has 0 amide bonds. The Kier molecular flexibility index (Phi) is 3.30. The van der Waals surface area contributed by atoms with Crippen LogP contribution < -0.4 is 0 Å². The molecule has 0 saturated heterocycles. The van der Waals surface area contributed by atoms with Gasteiger partial charge in [-0.25, -0.2) is 0 Å². The number of ketones is 1. The highest BCUT2D eigenvalue weighted by molar-refractivity contribution is 5.86. The molecule has 0 aliphatic rings. The smallest absolute Gasteiger partial charge is 0.164 e. The minimum absolute atomic E-state index is 0.132. The minimum atomic E-state index is -1.20. The van der Waals surface area contributed by atoms with Crippen molar-refractivity contribution >= 4 is 5.78 Å². The van der Waals surface area contributed by atoms with Gasteiger partial charge in [-0.1, -0.05) is 13.0 Å². The van der Waals surface area contributed by atoms with E-state index in [1.807, 2.05) is 0 Å². The normalized spacial score (nSPS) is 15.9. The first-order valence-corrected chi connectivity index (χ1v) is 3.41. The molecular weight excluding hydrogens is 128 g/mol. The largest absolute Gasteiger partial charge is 0.382 e. The zero-order valence-electron chi connectivity index (χ0n) is 6.55. The topological polar surface area (TPSA) is 37.3 Å². The first-order chi connectivity index (χ1) is 4.54. The van der Waals surface area contributed by atoms with Crippen molar-refractivity contribution in [3.63, 3.8) is 0 Å². The molecule has 10 heavy (non-hydrogen) atoms. The highest BCUT2D eigenvalue weighted by Gasteiger charge is 2.25. The molecule has 0 fully saturated rings. The summed E-state index contributed by atoms with van der Waals surface area (Å²) in [6.45, 7) is 6.70. The van der Waals surface area contributed by atoms with E-state index in [2.05, 4.69) is 6.58 Å². The second kappa shape index (κ2) is 3.52. The molecule has 2 heteroatoms. The fraction of sp³-hybridized carbons (Fsp3) is 0.625. The molecule has 0 spiro atoms. The predicted octanol–water partition coefficient (Wildman–Crippen LogP) is 1.29. The maximum absolute atomic E-state index is 10.9. The molecule has 2 nitrogen and oxygen atoms in total. The Bertz CT molecular complexity index is 136. The lowest BCUT2D eigenvalue weighted by Crippen LogP contribution is -2.33. The molecule has 0 aliphatic carbocycles. The van der Waals surface area contributed by atoms with Crippen LogP contribution in [0.25, 0.3) is 0 Å². The van der Waals surface area contributed by atoms with Crippen LogP contribution >= 0.6 is 0 Å². The van der Waals surface area contributed by atoms with E-state index in [0.717, 1.165) is 0 Å². The van der Waals surface area contributed by atoms with Gasteiger partial charge in [0.15, 0.2) is 5.78 Å². The van der Waals surface area contributed by atoms with Crippen LogP contribution in [0.15, 0.2) is 12.7 Å². The SMILES string of the molecule is C=CCC(C)(O)C(=O)CC. The van der Waals surface area contributed by atoms with Crippen molar-refractivity contribution in [2.75, 3.05) is 0 Å². The minimum Gasteiger partial charge on any atom is -0.382 e. The summed E-state index contributed by atoms with van der Waals surface area (Å²) in [5.41, 5.74) is -1.20. The molecule has 0 heterocycles. The molecule has 0 saturated carbocycles. The van der Waals surface area contributed by atoms with Crippen molar-refractivity contribution in [1.82, 2.24) is 0 Å². The fourth-order valence-corrected chi connectivity index (χ4v) is 0.776. The Morgan fingerprint density at radius 2 is 2.30 bits per heavy atom. The second-order valence-electron chi connectivity index (χ2n) is 2.54. The van der Waals surface area contributed by atoms with Gasteiger partial charge >= 0.3 is 0 Å². The van der Waals surface area contributed by atoms with Crippen LogP contribution in [0, 0.1) is 0 Å². The monoisotopic (exact) mass is 142 g/mol. The molecular formula is C8H14O2. The summed E-state index contributed by atoms with van der Waals surface area (Å²) < 4.78 is 0. The summed E-state index contributed by atoms with van der Waals surface area (Å²) in [6.07, 6.45) is 2.26. The zero-order valence-corrected chi connectivity index (χ0v) is 6.55. The third-order valence-electron chi connectivity index (χ3n) is 1.46. The molecule has 0 aromatic heterocycles. The molecule has 1 atom stereocenters. The lowest BCUT2D eigenvalue weighted by molar-refractivity contribution is -0.135. The lowest BCUT2D eigenvalue weighted by Gasteiger charge is -2.18. The molecule has 0 rings (SSSR count). The van der Waals surface area contributed by atoms with Crippen LogP contribution in [0.4, 0.5) is 0 Å². The number of carbonyl (C=O) groups is 1. The van der Waals surface area contributed by atoms with Gasteiger partial charge in [0.05, 0.1) is 0 Å². The summed E-state index contributed by atoms with van der Waals surface area (Å²) in [5.74, 6) is -0.132. The summed E-state index contributed by atoms with van der Waals surface area (Å²) in [7, 11) is 0. The van der Waals surface area contributed by atoms with E-state index in [1.165, 1.54) is 6.92 Å². The molecule has 0 aliphatic heterocycles. The molecule has 0 aromatic carbocycles. The van der Waals surface area contributed by atoms with Crippen molar-refractivity contribution in [2.24, 2.45) is 0 Å². The summed E-state index contributed by atoms with van der Waals surface area (Å²) in [5, 5.41) is 9.36. The number of carbonyl (C=O) groups excluding carboxylic acids is 1. The number of aliphatic hydroxyl groups is 1. The molecule has 0 bridgehead atoms. The van der Waals surface area contributed by atoms with Crippen LogP contribution in [0.2, 0.25) is 0 Å². The van der Waals surface area contributed by atoms with E-state index in [-0.39, 0.29) is 5.78 Å². The average molecular weight is 142 g/mol. The fourth-order valence-electron chi connectivity index (χ4n) is 0.776. The Morgan fingerprint density at radius 3 is 2.60 bits per heavy atom. The first kappa shape index (κ1) is 9.37. The maximum atomic E-state index is 10.9. The lowest BCUT2D eigenvalue weighted by atomic mass is 9.95. The average Bonchev–Trinajstić information content (AvgIpc) is 1.86. The second-order valence-corrected chi connectivity index (χ2v) is 2.54. The third kappa shape index (κ3) is 2.31. The highest BCUT2D eigenvalue weighted by Crippen LogP contribution is 2.12. The van der Waals surface area contributed by atoms with Crippen molar-refractivity contribution < 1.29 is 9.90 Å². The van der Waals surface area contributed by atoms with Gasteiger partial charge in [-0.3, -0.25) is 4.79 Å². The van der Waals surface area contributed by atoms with E-state index in [9.17, 15) is 9.90 Å². The van der Waals surface area contributed by atoms with E-state index >= 15 is 0 Å². The van der Waals surface area contributed by atoms with Crippen LogP contribution in [0.3, 0.4) is 0 Å². The molecule has 1 unspecified atom stereocenters. The first-order valence-electron chi connectivity index (χ1n) is 3.41. The Hall–Kier alpha value is -0.630. The van der Waals surface area contributed by atoms with Gasteiger partial charge < -0.3 is 5.11 Å². The molecule has 0 aromatic rings. The van der Waals surface area contributed by atoms with Gasteiger partial charge in [0.25, 0.3) is 0 Å². The van der Waals surface area contributed by atoms with Gasteiger partial charge in [-0.2, -0.15) is 0 Å². The predicted molar refractivity (Wildman–Crippen MR) is 40.7 cm³/mol. The summed E-state index contributed by atoms with van der Waals surface area (Å²) in [6, 6.07) is 0. The summed E-state index contributed by atoms with van der Waals surface area (Å²) in [4.78, 5) is 10.9. The van der Waals surface area contributed by atoms with Crippen molar-refractivity contribution in [1.29, 1.82) is 0 Å². The van der Waals surface area contributed by atoms with Gasteiger partial charge in [0.2, 0.25) is 0 Å². The van der Waals surface area contributed by atoms with Gasteiger partial charge in [-0.05, 0) is 6.92 Å². The summed E-state index contributed by atoms with van der Waals surface area (Å²) >= 11 is 0. The van der Waals surface area contributed by atoms with Gasteiger partial charge in [-0.15, -0.1) is 6.58 Å². The van der Waals surface area contributed by atoms with Gasteiger partial charge in [0, 0.05) is 12.8 Å². The van der Waals surface area contributed by atoms with Crippen molar-refractivity contribution in [3.8, 4) is 0 Å². The van der Waals surface area contributed by atoms with Crippen LogP contribution in [-0.2, 0) is 4.79 Å². The number of hydrogen-bond donors (Lipinski definition) is 1. The zero-order chi connectivity index (χ0) is 8.20. The highest BCUT2D eigenvalue weighted by atomic mass is 16.3. The van der Waals surface area contributed by atoms with E-state index in [0.29, 0.717) is 12.8 Å².